The summed E-state index contributed by atoms with van der Waals surface area (Å²) in [6.07, 6.45) is 0. The number of benzene rings is 1. The van der Waals surface area contributed by atoms with Crippen molar-refractivity contribution in [2.75, 3.05) is 18.6 Å². The third-order valence-corrected chi connectivity index (χ3v) is 2.09. The van der Waals surface area contributed by atoms with Crippen LogP contribution in [0.4, 0.5) is 10.1 Å². The minimum absolute atomic E-state index is 0.0555. The fourth-order valence-corrected chi connectivity index (χ4v) is 1.12. The van der Waals surface area contributed by atoms with Gasteiger partial charge in [-0.05, 0) is 18.2 Å². The molecule has 1 rings (SSSR count). The molecule has 1 aromatic carbocycles. The topological polar surface area (TPSA) is 40.5 Å². The van der Waals surface area contributed by atoms with Gasteiger partial charge in [0.05, 0.1) is 5.02 Å². The second-order valence-electron chi connectivity index (χ2n) is 2.71. The van der Waals surface area contributed by atoms with Crippen molar-refractivity contribution in [3.05, 3.63) is 29.0 Å². The molecule has 76 valence electrons. The van der Waals surface area contributed by atoms with Gasteiger partial charge in [0, 0.05) is 12.7 Å². The van der Waals surface area contributed by atoms with E-state index in [1.165, 1.54) is 30.1 Å². The van der Waals surface area contributed by atoms with Crippen molar-refractivity contribution < 1.29 is 14.3 Å². The van der Waals surface area contributed by atoms with E-state index < -0.39 is 18.3 Å². The molecule has 0 aliphatic rings. The molecule has 0 saturated carbocycles. The summed E-state index contributed by atoms with van der Waals surface area (Å²) in [5.41, 5.74) is 0.440. The second kappa shape index (κ2) is 4.39. The molecule has 0 bridgehead atoms. The molecule has 0 aliphatic heterocycles. The van der Waals surface area contributed by atoms with Crippen molar-refractivity contribution in [1.29, 1.82) is 0 Å². The van der Waals surface area contributed by atoms with Crippen LogP contribution in [-0.4, -0.2) is 24.7 Å². The molecular formula is C9H9ClFNO2. The van der Waals surface area contributed by atoms with Gasteiger partial charge in [-0.15, -0.1) is 0 Å². The van der Waals surface area contributed by atoms with Crippen molar-refractivity contribution in [2.45, 2.75) is 0 Å². The molecule has 0 saturated heterocycles. The highest BCUT2D eigenvalue weighted by atomic mass is 35.5. The molecule has 0 fully saturated rings. The predicted molar refractivity (Wildman–Crippen MR) is 51.9 cm³/mol. The number of aliphatic hydroxyl groups is 1. The number of amides is 1. The van der Waals surface area contributed by atoms with Crippen molar-refractivity contribution in [1.82, 2.24) is 0 Å². The van der Waals surface area contributed by atoms with Gasteiger partial charge in [0.2, 0.25) is 0 Å². The molecule has 0 aromatic heterocycles. The average Bonchev–Trinajstić information content (AvgIpc) is 2.20. The van der Waals surface area contributed by atoms with Crippen molar-refractivity contribution in [3.8, 4) is 0 Å². The molecule has 14 heavy (non-hydrogen) atoms. The smallest absolute Gasteiger partial charge is 0.252 e. The highest BCUT2D eigenvalue weighted by Crippen LogP contribution is 2.21. The van der Waals surface area contributed by atoms with Gasteiger partial charge in [-0.1, -0.05) is 11.6 Å². The minimum Gasteiger partial charge on any atom is -0.387 e. The largest absolute Gasteiger partial charge is 0.387 e. The first-order chi connectivity index (χ1) is 6.56. The Morgan fingerprint density at radius 3 is 2.79 bits per heavy atom. The fourth-order valence-electron chi connectivity index (χ4n) is 0.944. The number of anilines is 1. The lowest BCUT2D eigenvalue weighted by Gasteiger charge is -2.16. The first-order valence-corrected chi connectivity index (χ1v) is 4.26. The Bertz CT molecular complexity index is 357. The SMILES string of the molecule is CN(C(=O)CO)c1ccc(F)c(Cl)c1. The molecule has 0 unspecified atom stereocenters. The maximum atomic E-state index is 12.8. The van der Waals surface area contributed by atoms with Crippen LogP contribution in [-0.2, 0) is 4.79 Å². The normalized spacial score (nSPS) is 10.0. The highest BCUT2D eigenvalue weighted by molar-refractivity contribution is 6.31. The summed E-state index contributed by atoms with van der Waals surface area (Å²) in [5.74, 6) is -1.02. The van der Waals surface area contributed by atoms with Crippen LogP contribution in [0.25, 0.3) is 0 Å². The summed E-state index contributed by atoms with van der Waals surface area (Å²) in [7, 11) is 1.47. The number of carbonyl (C=O) groups excluding carboxylic acids is 1. The lowest BCUT2D eigenvalue weighted by atomic mass is 10.3. The standard InChI is InChI=1S/C9H9ClFNO2/c1-12(9(14)5-13)6-2-3-8(11)7(10)4-6/h2-4,13H,5H2,1H3. The highest BCUT2D eigenvalue weighted by Gasteiger charge is 2.10. The summed E-state index contributed by atoms with van der Waals surface area (Å²) in [4.78, 5) is 12.2. The Morgan fingerprint density at radius 2 is 2.29 bits per heavy atom. The van der Waals surface area contributed by atoms with E-state index in [2.05, 4.69) is 0 Å². The van der Waals surface area contributed by atoms with E-state index in [4.69, 9.17) is 16.7 Å². The summed E-state index contributed by atoms with van der Waals surface area (Å²) in [6.45, 7) is -0.592. The minimum atomic E-state index is -0.592. The monoisotopic (exact) mass is 217 g/mol. The molecule has 0 heterocycles. The second-order valence-corrected chi connectivity index (χ2v) is 3.12. The van der Waals surface area contributed by atoms with E-state index in [1.54, 1.807) is 0 Å². The van der Waals surface area contributed by atoms with Crippen LogP contribution < -0.4 is 4.90 Å². The Balaban J connectivity index is 2.96. The Labute approximate surface area is 85.7 Å². The van der Waals surface area contributed by atoms with E-state index in [0.717, 1.165) is 0 Å². The third kappa shape index (κ3) is 2.21. The molecule has 0 radical (unpaired) electrons. The van der Waals surface area contributed by atoms with Gasteiger partial charge in [0.25, 0.3) is 5.91 Å². The Morgan fingerprint density at radius 1 is 1.64 bits per heavy atom. The van der Waals surface area contributed by atoms with Gasteiger partial charge in [-0.25, -0.2) is 4.39 Å². The number of likely N-dealkylation sites (N-methyl/N-ethyl adjacent to an activating group) is 1. The average molecular weight is 218 g/mol. The number of nitrogens with zero attached hydrogens (tertiary/aromatic N) is 1. The summed E-state index contributed by atoms with van der Waals surface area (Å²) in [5, 5.41) is 8.54. The van der Waals surface area contributed by atoms with E-state index in [1.807, 2.05) is 0 Å². The number of halogens is 2. The van der Waals surface area contributed by atoms with E-state index in [-0.39, 0.29) is 5.02 Å². The molecular weight excluding hydrogens is 209 g/mol. The molecule has 3 nitrogen and oxygen atoms in total. The maximum absolute atomic E-state index is 12.8. The Kier molecular flexibility index (Phi) is 3.43. The molecule has 1 amide bonds. The lowest BCUT2D eigenvalue weighted by molar-refractivity contribution is -0.120. The van der Waals surface area contributed by atoms with Crippen LogP contribution in [0.15, 0.2) is 18.2 Å². The van der Waals surface area contributed by atoms with Crippen LogP contribution in [0.1, 0.15) is 0 Å². The summed E-state index contributed by atoms with van der Waals surface area (Å²) in [6, 6.07) is 3.90. The van der Waals surface area contributed by atoms with Gasteiger partial charge in [-0.3, -0.25) is 4.79 Å². The zero-order chi connectivity index (χ0) is 10.7. The van der Waals surface area contributed by atoms with Gasteiger partial charge < -0.3 is 10.0 Å². The Hall–Kier alpha value is -1.13. The molecule has 0 atom stereocenters. The maximum Gasteiger partial charge on any atom is 0.252 e. The molecule has 1 N–H and O–H groups in total. The van der Waals surface area contributed by atoms with Crippen molar-refractivity contribution >= 4 is 23.2 Å². The number of rotatable bonds is 2. The molecule has 0 spiro atoms. The van der Waals surface area contributed by atoms with Gasteiger partial charge in [-0.2, -0.15) is 0 Å². The quantitative estimate of drug-likeness (QED) is 0.814. The van der Waals surface area contributed by atoms with Gasteiger partial charge in [0.15, 0.2) is 0 Å². The van der Waals surface area contributed by atoms with Crippen LogP contribution in [0.2, 0.25) is 5.02 Å². The molecule has 5 heteroatoms. The number of hydrogen-bond acceptors (Lipinski definition) is 2. The van der Waals surface area contributed by atoms with Crippen LogP contribution in [0.5, 0.6) is 0 Å². The van der Waals surface area contributed by atoms with Gasteiger partial charge in [0.1, 0.15) is 12.4 Å². The number of aliphatic hydroxyl groups excluding tert-OH is 1. The summed E-state index contributed by atoms with van der Waals surface area (Å²) >= 11 is 5.53. The summed E-state index contributed by atoms with van der Waals surface area (Å²) < 4.78 is 12.8. The van der Waals surface area contributed by atoms with Crippen LogP contribution in [0, 0.1) is 5.82 Å². The van der Waals surface area contributed by atoms with E-state index in [0.29, 0.717) is 5.69 Å². The number of hydrogen-bond donors (Lipinski definition) is 1. The van der Waals surface area contributed by atoms with Crippen LogP contribution >= 0.6 is 11.6 Å². The van der Waals surface area contributed by atoms with Crippen LogP contribution in [0.3, 0.4) is 0 Å². The van der Waals surface area contributed by atoms with Crippen molar-refractivity contribution in [3.63, 3.8) is 0 Å². The zero-order valence-corrected chi connectivity index (χ0v) is 8.25. The predicted octanol–water partition coefficient (Wildman–Crippen LogP) is 1.43. The number of carbonyl (C=O) groups is 1. The van der Waals surface area contributed by atoms with E-state index >= 15 is 0 Å². The van der Waals surface area contributed by atoms with E-state index in [9.17, 15) is 9.18 Å². The fraction of sp³-hybridized carbons (Fsp3) is 0.222. The third-order valence-electron chi connectivity index (χ3n) is 1.80. The first-order valence-electron chi connectivity index (χ1n) is 3.88. The molecule has 0 aliphatic carbocycles. The molecule has 1 aromatic rings. The van der Waals surface area contributed by atoms with Crippen molar-refractivity contribution in [2.24, 2.45) is 0 Å². The lowest BCUT2D eigenvalue weighted by Crippen LogP contribution is -2.28. The first kappa shape index (κ1) is 10.9. The zero-order valence-electron chi connectivity index (χ0n) is 7.50. The van der Waals surface area contributed by atoms with Gasteiger partial charge >= 0.3 is 0 Å².